The van der Waals surface area contributed by atoms with E-state index in [0.717, 1.165) is 46.9 Å². The minimum atomic E-state index is -0.427. The molecule has 1 heterocycles. The summed E-state index contributed by atoms with van der Waals surface area (Å²) in [5.74, 6) is 0.731. The van der Waals surface area contributed by atoms with Crippen molar-refractivity contribution in [2.75, 3.05) is 0 Å². The SMILES string of the molecule is Cc1c(O[C@H]2CCCCC2=O)ccc2c(-c3ccccc3)c(-c3ccccc3)c(=O)oc12. The molecule has 4 nitrogen and oxygen atoms in total. The number of ether oxygens (including phenoxy) is 1. The minimum Gasteiger partial charge on any atom is -0.482 e. The van der Waals surface area contributed by atoms with E-state index in [4.69, 9.17) is 9.15 Å². The van der Waals surface area contributed by atoms with Gasteiger partial charge in [0, 0.05) is 22.9 Å². The van der Waals surface area contributed by atoms with Gasteiger partial charge in [-0.1, -0.05) is 60.7 Å². The maximum absolute atomic E-state index is 13.3. The number of carbonyl (C=O) groups is 1. The van der Waals surface area contributed by atoms with Crippen molar-refractivity contribution in [1.82, 2.24) is 0 Å². The van der Waals surface area contributed by atoms with Crippen molar-refractivity contribution in [2.24, 2.45) is 0 Å². The molecule has 160 valence electrons. The van der Waals surface area contributed by atoms with Crippen LogP contribution in [0.5, 0.6) is 5.75 Å². The molecule has 3 aromatic carbocycles. The highest BCUT2D eigenvalue weighted by molar-refractivity contribution is 6.02. The van der Waals surface area contributed by atoms with Crippen molar-refractivity contribution >= 4 is 16.8 Å². The summed E-state index contributed by atoms with van der Waals surface area (Å²) >= 11 is 0. The van der Waals surface area contributed by atoms with Crippen molar-refractivity contribution in [3.63, 3.8) is 0 Å². The Bertz CT molecular complexity index is 1340. The Morgan fingerprint density at radius 1 is 0.812 bits per heavy atom. The van der Waals surface area contributed by atoms with E-state index in [9.17, 15) is 9.59 Å². The molecule has 5 rings (SSSR count). The van der Waals surface area contributed by atoms with Crippen LogP contribution in [0, 0.1) is 6.92 Å². The van der Waals surface area contributed by atoms with Gasteiger partial charge in [-0.05, 0) is 49.4 Å². The molecule has 0 N–H and O–H groups in total. The van der Waals surface area contributed by atoms with Crippen LogP contribution in [0.4, 0.5) is 0 Å². The van der Waals surface area contributed by atoms with Gasteiger partial charge in [0.15, 0.2) is 11.9 Å². The van der Waals surface area contributed by atoms with Crippen LogP contribution >= 0.6 is 0 Å². The van der Waals surface area contributed by atoms with Crippen LogP contribution in [0.2, 0.25) is 0 Å². The maximum Gasteiger partial charge on any atom is 0.344 e. The highest BCUT2D eigenvalue weighted by Crippen LogP contribution is 2.39. The van der Waals surface area contributed by atoms with Crippen molar-refractivity contribution in [3.05, 3.63) is 88.8 Å². The predicted molar refractivity (Wildman–Crippen MR) is 126 cm³/mol. The lowest BCUT2D eigenvalue weighted by atomic mass is 9.92. The summed E-state index contributed by atoms with van der Waals surface area (Å²) in [5, 5.41) is 0.842. The summed E-state index contributed by atoms with van der Waals surface area (Å²) in [4.78, 5) is 25.5. The molecule has 1 aliphatic rings. The van der Waals surface area contributed by atoms with Gasteiger partial charge in [0.05, 0.1) is 5.56 Å². The van der Waals surface area contributed by atoms with E-state index >= 15 is 0 Å². The number of aryl methyl sites for hydroxylation is 1. The van der Waals surface area contributed by atoms with E-state index < -0.39 is 11.7 Å². The summed E-state index contributed by atoms with van der Waals surface area (Å²) < 4.78 is 12.0. The summed E-state index contributed by atoms with van der Waals surface area (Å²) in [6, 6.07) is 23.3. The Morgan fingerprint density at radius 3 is 2.12 bits per heavy atom. The highest BCUT2D eigenvalue weighted by atomic mass is 16.5. The molecule has 0 unspecified atom stereocenters. The molecule has 1 aromatic heterocycles. The molecular weight excluding hydrogens is 400 g/mol. The lowest BCUT2D eigenvalue weighted by molar-refractivity contribution is -0.127. The van der Waals surface area contributed by atoms with E-state index in [1.807, 2.05) is 79.7 Å². The molecular formula is C28H24O4. The Labute approximate surface area is 186 Å². The molecule has 0 saturated heterocycles. The first-order chi connectivity index (χ1) is 15.6. The first-order valence-corrected chi connectivity index (χ1v) is 11.0. The quantitative estimate of drug-likeness (QED) is 0.359. The molecule has 0 radical (unpaired) electrons. The summed E-state index contributed by atoms with van der Waals surface area (Å²) in [6.07, 6.45) is 2.76. The molecule has 32 heavy (non-hydrogen) atoms. The number of fused-ring (bicyclic) bond motifs is 1. The molecule has 4 heteroatoms. The average Bonchev–Trinajstić information content (AvgIpc) is 2.83. The number of benzene rings is 3. The van der Waals surface area contributed by atoms with Crippen LogP contribution in [0.25, 0.3) is 33.2 Å². The van der Waals surface area contributed by atoms with Gasteiger partial charge in [-0.3, -0.25) is 4.79 Å². The summed E-state index contributed by atoms with van der Waals surface area (Å²) in [6.45, 7) is 1.88. The van der Waals surface area contributed by atoms with Crippen LogP contribution in [0.15, 0.2) is 82.0 Å². The molecule has 0 spiro atoms. The number of carbonyl (C=O) groups excluding carboxylic acids is 1. The van der Waals surface area contributed by atoms with Gasteiger partial charge < -0.3 is 9.15 Å². The second kappa shape index (κ2) is 8.46. The number of ketones is 1. The van der Waals surface area contributed by atoms with Gasteiger partial charge >= 0.3 is 5.63 Å². The van der Waals surface area contributed by atoms with Gasteiger partial charge in [0.1, 0.15) is 11.3 Å². The molecule has 1 fully saturated rings. The van der Waals surface area contributed by atoms with Gasteiger partial charge in [0.25, 0.3) is 0 Å². The third-order valence-corrected chi connectivity index (χ3v) is 6.17. The molecule has 1 aliphatic carbocycles. The zero-order chi connectivity index (χ0) is 22.1. The third kappa shape index (κ3) is 3.62. The Morgan fingerprint density at radius 2 is 1.47 bits per heavy atom. The first kappa shape index (κ1) is 20.3. The predicted octanol–water partition coefficient (Wildman–Crippen LogP) is 6.33. The largest absolute Gasteiger partial charge is 0.482 e. The molecule has 1 saturated carbocycles. The normalized spacial score (nSPS) is 16.3. The second-order valence-corrected chi connectivity index (χ2v) is 8.26. The van der Waals surface area contributed by atoms with E-state index in [2.05, 4.69) is 0 Å². The molecule has 0 amide bonds. The fraction of sp³-hybridized carbons (Fsp3) is 0.214. The average molecular weight is 424 g/mol. The minimum absolute atomic E-state index is 0.140. The summed E-state index contributed by atoms with van der Waals surface area (Å²) in [5.41, 5.74) is 3.97. The van der Waals surface area contributed by atoms with Crippen LogP contribution in [-0.2, 0) is 4.79 Å². The van der Waals surface area contributed by atoms with Gasteiger partial charge in [-0.15, -0.1) is 0 Å². The van der Waals surface area contributed by atoms with Crippen LogP contribution in [-0.4, -0.2) is 11.9 Å². The molecule has 1 atom stereocenters. The van der Waals surface area contributed by atoms with E-state index in [-0.39, 0.29) is 5.78 Å². The maximum atomic E-state index is 13.3. The zero-order valence-corrected chi connectivity index (χ0v) is 18.0. The second-order valence-electron chi connectivity index (χ2n) is 8.26. The lowest BCUT2D eigenvalue weighted by Crippen LogP contribution is -2.30. The number of hydrogen-bond donors (Lipinski definition) is 0. The fourth-order valence-electron chi connectivity index (χ4n) is 4.51. The monoisotopic (exact) mass is 424 g/mol. The smallest absolute Gasteiger partial charge is 0.344 e. The lowest BCUT2D eigenvalue weighted by Gasteiger charge is -2.23. The van der Waals surface area contributed by atoms with E-state index in [1.54, 1.807) is 0 Å². The van der Waals surface area contributed by atoms with Crippen LogP contribution in [0.1, 0.15) is 31.2 Å². The first-order valence-electron chi connectivity index (χ1n) is 11.0. The standard InChI is InChI=1S/C28H24O4/c1-18-23(31-24-15-9-8-14-22(24)29)17-16-21-25(19-10-4-2-5-11-19)26(28(30)32-27(18)21)20-12-6-3-7-13-20/h2-7,10-13,16-17,24H,8-9,14-15H2,1H3/t24-/m0/s1. The topological polar surface area (TPSA) is 56.5 Å². The molecule has 0 aliphatic heterocycles. The van der Waals surface area contributed by atoms with Crippen molar-refractivity contribution in [3.8, 4) is 28.0 Å². The number of Topliss-reactive ketones (excluding diaryl/α,β-unsaturated/α-hetero) is 1. The van der Waals surface area contributed by atoms with Crippen molar-refractivity contribution in [2.45, 2.75) is 38.7 Å². The zero-order valence-electron chi connectivity index (χ0n) is 18.0. The van der Waals surface area contributed by atoms with Crippen molar-refractivity contribution < 1.29 is 13.9 Å². The van der Waals surface area contributed by atoms with Crippen molar-refractivity contribution in [1.29, 1.82) is 0 Å². The Kier molecular flexibility index (Phi) is 5.36. The molecule has 0 bridgehead atoms. The number of rotatable bonds is 4. The van der Waals surface area contributed by atoms with Gasteiger partial charge in [-0.25, -0.2) is 4.79 Å². The third-order valence-electron chi connectivity index (χ3n) is 6.17. The molecule has 4 aromatic rings. The van der Waals surface area contributed by atoms with E-state index in [0.29, 0.717) is 23.3 Å². The summed E-state index contributed by atoms with van der Waals surface area (Å²) in [7, 11) is 0. The van der Waals surface area contributed by atoms with E-state index in [1.165, 1.54) is 0 Å². The highest BCUT2D eigenvalue weighted by Gasteiger charge is 2.26. The van der Waals surface area contributed by atoms with Crippen LogP contribution < -0.4 is 10.4 Å². The number of hydrogen-bond acceptors (Lipinski definition) is 4. The van der Waals surface area contributed by atoms with Crippen LogP contribution in [0.3, 0.4) is 0 Å². The van der Waals surface area contributed by atoms with Gasteiger partial charge in [-0.2, -0.15) is 0 Å². The Balaban J connectivity index is 1.73. The fourth-order valence-corrected chi connectivity index (χ4v) is 4.51. The van der Waals surface area contributed by atoms with Gasteiger partial charge in [0.2, 0.25) is 0 Å². The Hall–Kier alpha value is -3.66.